The fourth-order valence-electron chi connectivity index (χ4n) is 7.62. The summed E-state index contributed by atoms with van der Waals surface area (Å²) in [6.45, 7) is 2.23. The highest BCUT2D eigenvalue weighted by Gasteiger charge is 2.13. The molecule has 9 rings (SSSR count). The second-order valence-electron chi connectivity index (χ2n) is 12.3. The van der Waals surface area contributed by atoms with Crippen LogP contribution in [-0.2, 0) is 25.7 Å². The largest absolute Gasteiger partial charge is 0.261 e. The molecule has 0 N–H and O–H groups in total. The van der Waals surface area contributed by atoms with Crippen LogP contribution in [0, 0.1) is 6.92 Å². The molecule has 0 radical (unpaired) electrons. The van der Waals surface area contributed by atoms with Crippen molar-refractivity contribution in [1.29, 1.82) is 0 Å². The Hall–Kier alpha value is -5.01. The lowest BCUT2D eigenvalue weighted by molar-refractivity contribution is 0.885. The summed E-state index contributed by atoms with van der Waals surface area (Å²) < 4.78 is 0. The van der Waals surface area contributed by atoms with Crippen molar-refractivity contribution >= 4 is 64.6 Å². The minimum Gasteiger partial charge on any atom is -0.261 e. The summed E-state index contributed by atoms with van der Waals surface area (Å²) >= 11 is 0. The van der Waals surface area contributed by atoms with Crippen molar-refractivity contribution in [3.05, 3.63) is 149 Å². The quantitative estimate of drug-likeness (QED) is 0.188. The molecule has 0 saturated heterocycles. The fourth-order valence-corrected chi connectivity index (χ4v) is 7.62. The van der Waals surface area contributed by atoms with Crippen molar-refractivity contribution in [1.82, 2.24) is 4.98 Å². The molecule has 1 heteroatoms. The van der Waals surface area contributed by atoms with Gasteiger partial charge in [-0.15, -0.1) is 0 Å². The molecular formula is C42H31N. The summed E-state index contributed by atoms with van der Waals surface area (Å²) in [7, 11) is 0. The Kier molecular flexibility index (Phi) is 5.43. The van der Waals surface area contributed by atoms with Gasteiger partial charge in [0.2, 0.25) is 0 Å². The predicted molar refractivity (Wildman–Crippen MR) is 184 cm³/mol. The van der Waals surface area contributed by atoms with E-state index in [1.807, 2.05) is 0 Å². The number of hydrogen-bond acceptors (Lipinski definition) is 1. The number of aryl methyl sites for hydroxylation is 5. The molecule has 8 aromatic carbocycles. The minimum atomic E-state index is 0.950. The van der Waals surface area contributed by atoms with Gasteiger partial charge in [0.25, 0.3) is 0 Å². The van der Waals surface area contributed by atoms with Crippen LogP contribution in [0.25, 0.3) is 64.6 Å². The van der Waals surface area contributed by atoms with E-state index >= 15 is 0 Å². The number of benzene rings is 8. The Morgan fingerprint density at radius 1 is 0.442 bits per heavy atom. The highest BCUT2D eigenvalue weighted by Crippen LogP contribution is 2.37. The van der Waals surface area contributed by atoms with Crippen LogP contribution in [0.4, 0.5) is 0 Å². The van der Waals surface area contributed by atoms with Crippen LogP contribution in [0.5, 0.6) is 0 Å². The molecule has 1 nitrogen and oxygen atoms in total. The lowest BCUT2D eigenvalue weighted by atomic mass is 9.90. The van der Waals surface area contributed by atoms with Gasteiger partial charge in [-0.3, -0.25) is 4.98 Å². The average molecular weight is 550 g/mol. The summed E-state index contributed by atoms with van der Waals surface area (Å²) in [4.78, 5) is 5.00. The molecular weight excluding hydrogens is 518 g/mol. The highest BCUT2D eigenvalue weighted by atomic mass is 14.7. The third kappa shape index (κ3) is 3.88. The van der Waals surface area contributed by atoms with Gasteiger partial charge in [-0.1, -0.05) is 115 Å². The van der Waals surface area contributed by atoms with Gasteiger partial charge in [0.1, 0.15) is 0 Å². The number of rotatable bonds is 6. The molecule has 0 fully saturated rings. The zero-order chi connectivity index (χ0) is 28.5. The van der Waals surface area contributed by atoms with E-state index in [2.05, 4.69) is 128 Å². The molecule has 0 bridgehead atoms. The standard InChI is InChI=1S/C42H31N/c1-26-24-27(8-9-28-10-12-34-16-14-30-4-2-6-32-18-21-36(28)41(34)39(30)32)25-43-38(26)23-20-29-11-13-35-17-15-31-5-3-7-33-19-22-37(29)42(35)40(31)33/h2-7,10-19,21-22,24-25H,8-9,20,23H2,1H3. The van der Waals surface area contributed by atoms with E-state index in [4.69, 9.17) is 4.98 Å². The van der Waals surface area contributed by atoms with Gasteiger partial charge in [0.05, 0.1) is 0 Å². The van der Waals surface area contributed by atoms with Gasteiger partial charge in [0.15, 0.2) is 0 Å². The van der Waals surface area contributed by atoms with Crippen LogP contribution in [0.2, 0.25) is 0 Å². The summed E-state index contributed by atoms with van der Waals surface area (Å²) in [5.41, 5.74) is 6.64. The first-order valence-corrected chi connectivity index (χ1v) is 15.5. The van der Waals surface area contributed by atoms with Gasteiger partial charge >= 0.3 is 0 Å². The number of aromatic nitrogens is 1. The summed E-state index contributed by atoms with van der Waals surface area (Å²) in [6.07, 6.45) is 6.06. The molecule has 0 aliphatic heterocycles. The van der Waals surface area contributed by atoms with Gasteiger partial charge in [-0.25, -0.2) is 0 Å². The van der Waals surface area contributed by atoms with Crippen molar-refractivity contribution in [2.45, 2.75) is 32.6 Å². The van der Waals surface area contributed by atoms with Gasteiger partial charge < -0.3 is 0 Å². The van der Waals surface area contributed by atoms with Gasteiger partial charge in [0, 0.05) is 11.9 Å². The summed E-state index contributed by atoms with van der Waals surface area (Å²) in [5, 5.41) is 16.3. The van der Waals surface area contributed by atoms with E-state index in [1.165, 1.54) is 92.6 Å². The van der Waals surface area contributed by atoms with Gasteiger partial charge in [-0.05, 0) is 119 Å². The van der Waals surface area contributed by atoms with Crippen molar-refractivity contribution < 1.29 is 0 Å². The minimum absolute atomic E-state index is 0.950. The van der Waals surface area contributed by atoms with Crippen molar-refractivity contribution in [2.75, 3.05) is 0 Å². The monoisotopic (exact) mass is 549 g/mol. The smallest absolute Gasteiger partial charge is 0.0436 e. The van der Waals surface area contributed by atoms with Crippen LogP contribution in [-0.4, -0.2) is 4.98 Å². The molecule has 9 aromatic rings. The van der Waals surface area contributed by atoms with E-state index in [-0.39, 0.29) is 0 Å². The van der Waals surface area contributed by atoms with Crippen LogP contribution in [0.1, 0.15) is 27.9 Å². The topological polar surface area (TPSA) is 12.9 Å². The molecule has 0 aliphatic carbocycles. The molecule has 0 aliphatic rings. The lowest BCUT2D eigenvalue weighted by Crippen LogP contribution is -2.01. The Morgan fingerprint density at radius 3 is 1.40 bits per heavy atom. The molecule has 0 spiro atoms. The van der Waals surface area contributed by atoms with Crippen molar-refractivity contribution in [3.8, 4) is 0 Å². The third-order valence-electron chi connectivity index (χ3n) is 9.80. The van der Waals surface area contributed by atoms with Crippen molar-refractivity contribution in [2.24, 2.45) is 0 Å². The Labute approximate surface area is 251 Å². The molecule has 1 aromatic heterocycles. The van der Waals surface area contributed by atoms with Crippen LogP contribution < -0.4 is 0 Å². The SMILES string of the molecule is Cc1cc(CCc2ccc3ccc4cccc5ccc2c3c45)cnc1CCc1ccc2ccc3cccc4ccc1c2c34. The molecule has 204 valence electrons. The fraction of sp³-hybridized carbons (Fsp3) is 0.119. The van der Waals surface area contributed by atoms with E-state index in [0.717, 1.165) is 25.7 Å². The Morgan fingerprint density at radius 2 is 0.884 bits per heavy atom. The maximum absolute atomic E-state index is 5.00. The van der Waals surface area contributed by atoms with E-state index < -0.39 is 0 Å². The first-order valence-electron chi connectivity index (χ1n) is 15.5. The predicted octanol–water partition coefficient (Wildman–Crippen LogP) is 10.8. The van der Waals surface area contributed by atoms with Crippen LogP contribution >= 0.6 is 0 Å². The highest BCUT2D eigenvalue weighted by molar-refractivity contribution is 6.24. The molecule has 0 amide bonds. The molecule has 0 atom stereocenters. The molecule has 1 heterocycles. The molecule has 43 heavy (non-hydrogen) atoms. The van der Waals surface area contributed by atoms with E-state index in [1.54, 1.807) is 0 Å². The van der Waals surface area contributed by atoms with Crippen LogP contribution in [0.15, 0.2) is 121 Å². The van der Waals surface area contributed by atoms with Crippen molar-refractivity contribution in [3.63, 3.8) is 0 Å². The normalized spacial score (nSPS) is 12.2. The second-order valence-corrected chi connectivity index (χ2v) is 12.3. The second kappa shape index (κ2) is 9.51. The first kappa shape index (κ1) is 24.6. The van der Waals surface area contributed by atoms with E-state index in [9.17, 15) is 0 Å². The van der Waals surface area contributed by atoms with Crippen LogP contribution in [0.3, 0.4) is 0 Å². The lowest BCUT2D eigenvalue weighted by Gasteiger charge is -2.15. The summed E-state index contributed by atoms with van der Waals surface area (Å²) in [6, 6.07) is 43.1. The maximum atomic E-state index is 5.00. The zero-order valence-electron chi connectivity index (χ0n) is 24.3. The first-order chi connectivity index (χ1) is 21.2. The zero-order valence-corrected chi connectivity index (χ0v) is 24.3. The number of pyridine rings is 1. The average Bonchev–Trinajstić information content (AvgIpc) is 3.05. The maximum Gasteiger partial charge on any atom is 0.0436 e. The Bertz CT molecular complexity index is 2430. The Balaban J connectivity index is 0.974. The third-order valence-corrected chi connectivity index (χ3v) is 9.80. The van der Waals surface area contributed by atoms with E-state index in [0.29, 0.717) is 0 Å². The van der Waals surface area contributed by atoms with Gasteiger partial charge in [-0.2, -0.15) is 0 Å². The molecule has 0 saturated carbocycles. The number of nitrogens with zero attached hydrogens (tertiary/aromatic N) is 1. The summed E-state index contributed by atoms with van der Waals surface area (Å²) in [5.74, 6) is 0. The number of hydrogen-bond donors (Lipinski definition) is 0. The molecule has 0 unspecified atom stereocenters.